The number of amides is 1. The Morgan fingerprint density at radius 1 is 1.30 bits per heavy atom. The first-order valence-corrected chi connectivity index (χ1v) is 7.08. The molecule has 23 heavy (non-hydrogen) atoms. The smallest absolute Gasteiger partial charge is 0.267 e. The van der Waals surface area contributed by atoms with Crippen LogP contribution in [0.25, 0.3) is 10.9 Å². The maximum Gasteiger partial charge on any atom is 0.267 e. The SMILES string of the molecule is Cn1c(=O)c(C(=O)Nc2cc#ccc2)c(O)c2c(Cl)cccc21. The molecule has 0 radical (unpaired) electrons. The zero-order valence-corrected chi connectivity index (χ0v) is 12.8. The topological polar surface area (TPSA) is 71.3 Å². The molecule has 0 saturated heterocycles. The van der Waals surface area contributed by atoms with Crippen LogP contribution in [0, 0.1) is 12.1 Å². The van der Waals surface area contributed by atoms with Gasteiger partial charge in [0.15, 0.2) is 0 Å². The minimum Gasteiger partial charge on any atom is -0.506 e. The largest absolute Gasteiger partial charge is 0.506 e. The van der Waals surface area contributed by atoms with Gasteiger partial charge in [-0.15, -0.1) is 0 Å². The van der Waals surface area contributed by atoms with Crippen LogP contribution in [0.4, 0.5) is 5.69 Å². The Labute approximate surface area is 136 Å². The van der Waals surface area contributed by atoms with Crippen molar-refractivity contribution >= 4 is 34.1 Å². The number of halogens is 1. The fraction of sp³-hybridized carbons (Fsp3) is 0.0588. The Morgan fingerprint density at radius 2 is 2.09 bits per heavy atom. The second kappa shape index (κ2) is 5.67. The summed E-state index contributed by atoms with van der Waals surface area (Å²) in [6.07, 6.45) is 0. The molecular formula is C17H11ClN2O3. The van der Waals surface area contributed by atoms with E-state index in [-0.39, 0.29) is 16.0 Å². The summed E-state index contributed by atoms with van der Waals surface area (Å²) in [5.74, 6) is -1.15. The first kappa shape index (κ1) is 14.9. The highest BCUT2D eigenvalue weighted by Crippen LogP contribution is 2.32. The van der Waals surface area contributed by atoms with Crippen molar-refractivity contribution in [3.8, 4) is 5.75 Å². The van der Waals surface area contributed by atoms with Crippen molar-refractivity contribution in [2.75, 3.05) is 5.32 Å². The van der Waals surface area contributed by atoms with E-state index in [1.165, 1.54) is 17.7 Å². The van der Waals surface area contributed by atoms with Crippen molar-refractivity contribution in [3.05, 3.63) is 69.5 Å². The fourth-order valence-electron chi connectivity index (χ4n) is 2.35. The minimum atomic E-state index is -0.718. The number of hydrogen-bond acceptors (Lipinski definition) is 3. The zero-order valence-electron chi connectivity index (χ0n) is 12.1. The third kappa shape index (κ3) is 2.50. The molecule has 1 aromatic heterocycles. The molecule has 0 saturated carbocycles. The fourth-order valence-corrected chi connectivity index (χ4v) is 2.61. The lowest BCUT2D eigenvalue weighted by Crippen LogP contribution is -2.28. The standard InChI is InChI=1S/C17H11ClN2O3/c1-20-12-9-5-8-11(18)13(12)15(21)14(17(20)23)16(22)19-10-6-3-2-4-7-10/h3,5-9,21H,1H3,(H,19,22). The van der Waals surface area contributed by atoms with Crippen LogP contribution in [0.5, 0.6) is 5.75 Å². The molecule has 0 bridgehead atoms. The molecule has 3 aromatic rings. The lowest BCUT2D eigenvalue weighted by atomic mass is 10.1. The molecule has 6 heteroatoms. The Bertz CT molecular complexity index is 965. The first-order valence-electron chi connectivity index (χ1n) is 6.70. The highest BCUT2D eigenvalue weighted by Gasteiger charge is 2.22. The maximum absolute atomic E-state index is 12.4. The first-order chi connectivity index (χ1) is 11.0. The van der Waals surface area contributed by atoms with E-state index < -0.39 is 17.2 Å². The maximum atomic E-state index is 12.4. The molecule has 114 valence electrons. The van der Waals surface area contributed by atoms with E-state index in [4.69, 9.17) is 11.6 Å². The lowest BCUT2D eigenvalue weighted by molar-refractivity contribution is 0.102. The van der Waals surface area contributed by atoms with E-state index in [1.54, 1.807) is 30.3 Å². The second-order valence-corrected chi connectivity index (χ2v) is 5.30. The number of hydrogen-bond donors (Lipinski definition) is 2. The normalized spacial score (nSPS) is 10.3. The molecule has 5 nitrogen and oxygen atoms in total. The zero-order chi connectivity index (χ0) is 16.6. The Hall–Kier alpha value is -2.97. The molecule has 0 fully saturated rings. The number of aryl methyl sites for hydroxylation is 1. The molecule has 2 aromatic carbocycles. The number of rotatable bonds is 2. The van der Waals surface area contributed by atoms with Gasteiger partial charge in [0.2, 0.25) is 0 Å². The van der Waals surface area contributed by atoms with Crippen molar-refractivity contribution < 1.29 is 9.90 Å². The highest BCUT2D eigenvalue weighted by atomic mass is 35.5. The predicted octanol–water partition coefficient (Wildman–Crippen LogP) is 2.75. The molecule has 1 heterocycles. The molecule has 0 spiro atoms. The van der Waals surface area contributed by atoms with Crippen LogP contribution in [-0.4, -0.2) is 15.6 Å². The second-order valence-electron chi connectivity index (χ2n) is 4.90. The van der Waals surface area contributed by atoms with Gasteiger partial charge < -0.3 is 15.0 Å². The third-order valence-electron chi connectivity index (χ3n) is 3.49. The van der Waals surface area contributed by atoms with Gasteiger partial charge in [-0.2, -0.15) is 0 Å². The monoisotopic (exact) mass is 326 g/mol. The van der Waals surface area contributed by atoms with Crippen molar-refractivity contribution in [3.63, 3.8) is 0 Å². The predicted molar refractivity (Wildman–Crippen MR) is 87.9 cm³/mol. The van der Waals surface area contributed by atoms with Crippen molar-refractivity contribution in [2.45, 2.75) is 0 Å². The molecule has 2 N–H and O–H groups in total. The average molecular weight is 327 g/mol. The van der Waals surface area contributed by atoms with E-state index in [0.717, 1.165) is 0 Å². The van der Waals surface area contributed by atoms with Gasteiger partial charge in [-0.05, 0) is 24.3 Å². The van der Waals surface area contributed by atoms with Gasteiger partial charge in [0.25, 0.3) is 11.5 Å². The van der Waals surface area contributed by atoms with E-state index in [2.05, 4.69) is 17.4 Å². The number of benzene rings is 1. The van der Waals surface area contributed by atoms with Crippen molar-refractivity contribution in [2.24, 2.45) is 7.05 Å². The minimum absolute atomic E-state index is 0.257. The Balaban J connectivity index is 2.20. The number of carbonyl (C=O) groups is 1. The number of pyridine rings is 1. The van der Waals surface area contributed by atoms with Crippen LogP contribution in [0.15, 0.2) is 41.2 Å². The number of anilines is 1. The summed E-state index contributed by atoms with van der Waals surface area (Å²) in [7, 11) is 1.52. The van der Waals surface area contributed by atoms with Gasteiger partial charge in [-0.1, -0.05) is 29.8 Å². The Morgan fingerprint density at radius 3 is 2.78 bits per heavy atom. The summed E-state index contributed by atoms with van der Waals surface area (Å²) in [4.78, 5) is 24.8. The number of aromatic nitrogens is 1. The van der Waals surface area contributed by atoms with Crippen LogP contribution in [-0.2, 0) is 7.05 Å². The average Bonchev–Trinajstić information content (AvgIpc) is 2.53. The van der Waals surface area contributed by atoms with Gasteiger partial charge in [-0.25, -0.2) is 0 Å². The quantitative estimate of drug-likeness (QED) is 0.760. The molecule has 0 aliphatic carbocycles. The van der Waals surface area contributed by atoms with E-state index in [9.17, 15) is 14.7 Å². The van der Waals surface area contributed by atoms with Gasteiger partial charge >= 0.3 is 0 Å². The summed E-state index contributed by atoms with van der Waals surface area (Å²) < 4.78 is 1.28. The molecule has 3 rings (SSSR count). The summed E-state index contributed by atoms with van der Waals surface area (Å²) in [5, 5.41) is 13.5. The highest BCUT2D eigenvalue weighted by molar-refractivity contribution is 6.36. The number of nitrogens with zero attached hydrogens (tertiary/aromatic N) is 1. The summed E-state index contributed by atoms with van der Waals surface area (Å²) in [5.41, 5.74) is -0.0872. The molecule has 1 amide bonds. The van der Waals surface area contributed by atoms with Gasteiger partial charge in [0.1, 0.15) is 11.3 Å². The molecule has 0 unspecified atom stereocenters. The molecule has 0 atom stereocenters. The summed E-state index contributed by atoms with van der Waals surface area (Å²) in [6.45, 7) is 0. The van der Waals surface area contributed by atoms with Crippen LogP contribution in [0.1, 0.15) is 10.4 Å². The van der Waals surface area contributed by atoms with Crippen molar-refractivity contribution in [1.82, 2.24) is 4.57 Å². The lowest BCUT2D eigenvalue weighted by Gasteiger charge is -2.12. The number of aromatic hydroxyl groups is 1. The van der Waals surface area contributed by atoms with E-state index >= 15 is 0 Å². The van der Waals surface area contributed by atoms with Crippen LogP contribution in [0.3, 0.4) is 0 Å². The van der Waals surface area contributed by atoms with Crippen molar-refractivity contribution in [1.29, 1.82) is 0 Å². The van der Waals surface area contributed by atoms with Crippen LogP contribution >= 0.6 is 11.6 Å². The summed E-state index contributed by atoms with van der Waals surface area (Å²) >= 11 is 6.11. The molecule has 0 aliphatic rings. The Kier molecular flexibility index (Phi) is 3.68. The number of carbonyl (C=O) groups excluding carboxylic acids is 1. The van der Waals surface area contributed by atoms with E-state index in [0.29, 0.717) is 11.2 Å². The van der Waals surface area contributed by atoms with Crippen LogP contribution < -0.4 is 10.9 Å². The third-order valence-corrected chi connectivity index (χ3v) is 3.80. The number of fused-ring (bicyclic) bond motifs is 1. The van der Waals surface area contributed by atoms with Gasteiger partial charge in [-0.3, -0.25) is 9.59 Å². The van der Waals surface area contributed by atoms with E-state index in [1.807, 2.05) is 0 Å². The van der Waals surface area contributed by atoms with Gasteiger partial charge in [0, 0.05) is 13.1 Å². The summed E-state index contributed by atoms with van der Waals surface area (Å²) in [6, 6.07) is 15.0. The van der Waals surface area contributed by atoms with Gasteiger partial charge in [0.05, 0.1) is 21.6 Å². The van der Waals surface area contributed by atoms with Crippen LogP contribution in [0.2, 0.25) is 5.02 Å². The molecular weight excluding hydrogens is 316 g/mol. The number of nitrogens with one attached hydrogen (secondary N) is 1. The molecule has 0 aliphatic heterocycles.